The predicted molar refractivity (Wildman–Crippen MR) is 173 cm³/mol. The molecular weight excluding hydrogens is 495 g/mol. The maximum Gasteiger partial charge on any atom is 0.252 e. The first kappa shape index (κ1) is 20.6. The van der Waals surface area contributed by atoms with Crippen LogP contribution in [-0.4, -0.2) is 6.71 Å². The Hall–Kier alpha value is -5.28. The smallest absolute Gasteiger partial charge is 0.252 e. The molecule has 11 rings (SSSR count). The fourth-order valence-electron chi connectivity index (χ4n) is 8.39. The van der Waals surface area contributed by atoms with Crippen LogP contribution < -0.4 is 26.2 Å². The molecule has 4 heterocycles. The summed E-state index contributed by atoms with van der Waals surface area (Å²) in [5, 5.41) is 5.33. The molecule has 0 radical (unpaired) electrons. The fourth-order valence-corrected chi connectivity index (χ4v) is 8.39. The van der Waals surface area contributed by atoms with Crippen LogP contribution in [0.25, 0.3) is 43.8 Å². The molecule has 2 nitrogen and oxygen atoms in total. The van der Waals surface area contributed by atoms with Gasteiger partial charge in [-0.15, -0.1) is 0 Å². The summed E-state index contributed by atoms with van der Waals surface area (Å²) < 4.78 is 0. The van der Waals surface area contributed by atoms with Gasteiger partial charge in [-0.3, -0.25) is 0 Å². The van der Waals surface area contributed by atoms with E-state index in [1.54, 1.807) is 0 Å². The molecule has 4 aliphatic heterocycles. The molecule has 0 aromatic heterocycles. The van der Waals surface area contributed by atoms with Crippen molar-refractivity contribution >= 4 is 78.8 Å². The van der Waals surface area contributed by atoms with Crippen LogP contribution in [0.2, 0.25) is 0 Å². The summed E-state index contributed by atoms with van der Waals surface area (Å²) >= 11 is 0. The van der Waals surface area contributed by atoms with Gasteiger partial charge in [0.25, 0.3) is 6.71 Å². The second-order valence-corrected chi connectivity index (χ2v) is 11.7. The van der Waals surface area contributed by atoms with Crippen LogP contribution in [-0.2, 0) is 0 Å². The molecule has 0 fully saturated rings. The molecule has 0 bridgehead atoms. The second-order valence-electron chi connectivity index (χ2n) is 11.7. The minimum absolute atomic E-state index is 0.157. The van der Waals surface area contributed by atoms with Crippen LogP contribution in [0.3, 0.4) is 0 Å². The topological polar surface area (TPSA) is 6.48 Å². The average molecular weight is 516 g/mol. The van der Waals surface area contributed by atoms with Gasteiger partial charge in [0.1, 0.15) is 0 Å². The first-order valence-corrected chi connectivity index (χ1v) is 14.4. The van der Waals surface area contributed by atoms with Crippen molar-refractivity contribution in [1.29, 1.82) is 0 Å². The second kappa shape index (κ2) is 6.89. The minimum atomic E-state index is 0.157. The number of para-hydroxylation sites is 2. The molecule has 186 valence electrons. The third kappa shape index (κ3) is 2.24. The van der Waals surface area contributed by atoms with Gasteiger partial charge in [0.15, 0.2) is 0 Å². The van der Waals surface area contributed by atoms with E-state index >= 15 is 0 Å². The monoisotopic (exact) mass is 516 g/mol. The van der Waals surface area contributed by atoms with Gasteiger partial charge in [-0.2, -0.15) is 0 Å². The molecule has 0 amide bonds. The number of benzene rings is 7. The van der Waals surface area contributed by atoms with E-state index in [-0.39, 0.29) is 6.71 Å². The highest BCUT2D eigenvalue weighted by Gasteiger charge is 2.46. The van der Waals surface area contributed by atoms with Gasteiger partial charge >= 0.3 is 0 Å². The molecule has 0 saturated carbocycles. The van der Waals surface area contributed by atoms with E-state index in [0.29, 0.717) is 0 Å². The summed E-state index contributed by atoms with van der Waals surface area (Å²) in [5.74, 6) is 0. The molecule has 4 aliphatic rings. The zero-order valence-corrected chi connectivity index (χ0v) is 22.1. The Balaban J connectivity index is 1.36. The quantitative estimate of drug-likeness (QED) is 0.188. The Labute approximate surface area is 237 Å². The molecular formula is C38H21BN2. The highest BCUT2D eigenvalue weighted by molar-refractivity contribution is 7.01. The number of fused-ring (bicyclic) bond motifs is 10. The maximum atomic E-state index is 2.56. The van der Waals surface area contributed by atoms with Gasteiger partial charge in [0, 0.05) is 44.6 Å². The van der Waals surface area contributed by atoms with Crippen molar-refractivity contribution in [3.63, 3.8) is 0 Å². The molecule has 0 spiro atoms. The predicted octanol–water partition coefficient (Wildman–Crippen LogP) is 8.04. The van der Waals surface area contributed by atoms with Crippen LogP contribution >= 0.6 is 0 Å². The van der Waals surface area contributed by atoms with Crippen molar-refractivity contribution in [2.45, 2.75) is 0 Å². The first-order chi connectivity index (χ1) is 20.4. The van der Waals surface area contributed by atoms with E-state index in [2.05, 4.69) is 137 Å². The lowest BCUT2D eigenvalue weighted by Gasteiger charge is -2.47. The largest absolute Gasteiger partial charge is 0.310 e. The summed E-state index contributed by atoms with van der Waals surface area (Å²) in [4.78, 5) is 5.12. The maximum absolute atomic E-state index is 2.56. The summed E-state index contributed by atoms with van der Waals surface area (Å²) in [5.41, 5.74) is 17.2. The summed E-state index contributed by atoms with van der Waals surface area (Å²) in [6, 6.07) is 47.8. The Kier molecular flexibility index (Phi) is 3.46. The summed E-state index contributed by atoms with van der Waals surface area (Å²) in [6.45, 7) is 0.157. The van der Waals surface area contributed by atoms with Gasteiger partial charge in [-0.1, -0.05) is 103 Å². The van der Waals surface area contributed by atoms with E-state index < -0.39 is 0 Å². The number of anilines is 6. The zero-order chi connectivity index (χ0) is 26.4. The number of nitrogens with zero attached hydrogens (tertiary/aromatic N) is 2. The number of hydrogen-bond acceptors (Lipinski definition) is 2. The molecule has 0 atom stereocenters. The van der Waals surface area contributed by atoms with E-state index in [1.165, 1.54) is 94.3 Å². The van der Waals surface area contributed by atoms with E-state index in [9.17, 15) is 0 Å². The van der Waals surface area contributed by atoms with Crippen molar-refractivity contribution in [2.75, 3.05) is 9.80 Å². The van der Waals surface area contributed by atoms with E-state index in [0.717, 1.165) is 0 Å². The molecule has 0 aliphatic carbocycles. The van der Waals surface area contributed by atoms with Gasteiger partial charge in [-0.05, 0) is 62.6 Å². The van der Waals surface area contributed by atoms with Crippen molar-refractivity contribution in [3.8, 4) is 22.3 Å². The molecule has 0 unspecified atom stereocenters. The summed E-state index contributed by atoms with van der Waals surface area (Å²) in [7, 11) is 0. The van der Waals surface area contributed by atoms with Gasteiger partial charge in [0.05, 0.1) is 11.4 Å². The van der Waals surface area contributed by atoms with Crippen molar-refractivity contribution < 1.29 is 0 Å². The van der Waals surface area contributed by atoms with Crippen LogP contribution in [0, 0.1) is 0 Å². The van der Waals surface area contributed by atoms with E-state index in [4.69, 9.17) is 0 Å². The summed E-state index contributed by atoms with van der Waals surface area (Å²) in [6.07, 6.45) is 0. The lowest BCUT2D eigenvalue weighted by molar-refractivity contribution is 1.26. The Morgan fingerprint density at radius 3 is 1.34 bits per heavy atom. The Bertz CT molecular complexity index is 2190. The molecule has 0 saturated heterocycles. The van der Waals surface area contributed by atoms with Crippen LogP contribution in [0.4, 0.5) is 34.1 Å². The molecule has 0 N–H and O–H groups in total. The highest BCUT2D eigenvalue weighted by atomic mass is 15.2. The lowest BCUT2D eigenvalue weighted by Crippen LogP contribution is -2.61. The third-order valence-electron chi connectivity index (χ3n) is 9.87. The SMILES string of the molecule is c1ccc2c(c1)-c1cccc3ccc4c(c13)N2c1cccc2c1B4c1ccc3cccc4c3c1N2c1ccccc1-4. The number of hydrogen-bond donors (Lipinski definition) is 0. The van der Waals surface area contributed by atoms with Crippen LogP contribution in [0.5, 0.6) is 0 Å². The Morgan fingerprint density at radius 1 is 0.366 bits per heavy atom. The Morgan fingerprint density at radius 2 is 0.805 bits per heavy atom. The lowest BCUT2D eigenvalue weighted by atomic mass is 9.33. The molecule has 7 aromatic rings. The van der Waals surface area contributed by atoms with E-state index in [1.807, 2.05) is 0 Å². The minimum Gasteiger partial charge on any atom is -0.310 e. The van der Waals surface area contributed by atoms with Gasteiger partial charge in [-0.25, -0.2) is 0 Å². The normalized spacial score (nSPS) is 14.2. The highest BCUT2D eigenvalue weighted by Crippen LogP contribution is 2.55. The van der Waals surface area contributed by atoms with Crippen LogP contribution in [0.1, 0.15) is 0 Å². The van der Waals surface area contributed by atoms with Gasteiger partial charge < -0.3 is 9.80 Å². The fraction of sp³-hybridized carbons (Fsp3) is 0. The van der Waals surface area contributed by atoms with Crippen molar-refractivity contribution in [3.05, 3.63) is 127 Å². The average Bonchev–Trinajstić information content (AvgIpc) is 3.04. The molecule has 41 heavy (non-hydrogen) atoms. The number of rotatable bonds is 0. The van der Waals surface area contributed by atoms with Crippen molar-refractivity contribution in [2.24, 2.45) is 0 Å². The first-order valence-electron chi connectivity index (χ1n) is 14.4. The standard InChI is InChI=1S/C38H21BN2/c1-3-14-30-24(10-1)26-12-5-8-22-18-20-28-37(34(22)26)40(30)32-16-7-17-33-36(32)39(28)29-21-19-23-9-6-13-27-25-11-2-4-15-31(25)41(33)38(29)35(23)27/h1-21H. The molecule has 7 aromatic carbocycles. The van der Waals surface area contributed by atoms with Crippen LogP contribution in [0.15, 0.2) is 127 Å². The van der Waals surface area contributed by atoms with Crippen molar-refractivity contribution in [1.82, 2.24) is 0 Å². The zero-order valence-electron chi connectivity index (χ0n) is 22.1. The third-order valence-corrected chi connectivity index (χ3v) is 9.87. The van der Waals surface area contributed by atoms with Gasteiger partial charge in [0.2, 0.25) is 0 Å². The molecule has 3 heteroatoms.